The Balaban J connectivity index is 2.08. The highest BCUT2D eigenvalue weighted by molar-refractivity contribution is 8.00. The summed E-state index contributed by atoms with van der Waals surface area (Å²) in [6.45, 7) is 2.23. The molecule has 90 valence electrons. The maximum absolute atomic E-state index is 10.7. The van der Waals surface area contributed by atoms with E-state index in [2.05, 4.69) is 29.2 Å². The second-order valence-corrected chi connectivity index (χ2v) is 6.34. The lowest BCUT2D eigenvalue weighted by atomic mass is 9.83. The Morgan fingerprint density at radius 2 is 2.25 bits per heavy atom. The molecule has 2 fully saturated rings. The van der Waals surface area contributed by atoms with Gasteiger partial charge in [-0.1, -0.05) is 19.8 Å². The number of rotatable bonds is 1. The smallest absolute Gasteiger partial charge is 0.332 e. The number of fused-ring (bicyclic) bond motifs is 1. The van der Waals surface area contributed by atoms with Gasteiger partial charge in [-0.3, -0.25) is 0 Å². The van der Waals surface area contributed by atoms with Crippen LogP contribution in [0.5, 0.6) is 0 Å². The summed E-state index contributed by atoms with van der Waals surface area (Å²) in [7, 11) is 0. The summed E-state index contributed by atoms with van der Waals surface area (Å²) in [5.41, 5.74) is 8.58. The van der Waals surface area contributed by atoms with Gasteiger partial charge in [0.25, 0.3) is 0 Å². The fourth-order valence-corrected chi connectivity index (χ4v) is 4.34. The molecule has 0 radical (unpaired) electrons. The number of nitrogens with two attached hydrogens (primary N) is 1. The van der Waals surface area contributed by atoms with Crippen LogP contribution in [0.1, 0.15) is 39.0 Å². The van der Waals surface area contributed by atoms with Crippen LogP contribution in [0.3, 0.4) is 0 Å². The average Bonchev–Trinajstić information content (AvgIpc) is 2.25. The third-order valence-corrected chi connectivity index (χ3v) is 4.89. The van der Waals surface area contributed by atoms with E-state index in [1.807, 2.05) is 0 Å². The maximum Gasteiger partial charge on any atom is 0.332 e. The summed E-state index contributed by atoms with van der Waals surface area (Å²) < 4.78 is 0. The molecule has 3 atom stereocenters. The number of primary amides is 1. The first-order chi connectivity index (χ1) is 7.66. The lowest BCUT2D eigenvalue weighted by molar-refractivity contribution is 0.249. The van der Waals surface area contributed by atoms with Crippen LogP contribution in [-0.2, 0) is 0 Å². The van der Waals surface area contributed by atoms with Crippen LogP contribution in [0.25, 0.3) is 0 Å². The molecule has 3 N–H and O–H groups in total. The fourth-order valence-electron chi connectivity index (χ4n) is 2.69. The van der Waals surface area contributed by atoms with Crippen LogP contribution in [-0.4, -0.2) is 22.2 Å². The molecule has 0 aromatic heterocycles. The number of carbonyl (C=O) groups is 1. The van der Waals surface area contributed by atoms with E-state index in [1.165, 1.54) is 25.7 Å². The molecule has 5 heteroatoms. The first-order valence-corrected chi connectivity index (χ1v) is 6.88. The number of nitrogens with zero attached hydrogens (tertiary/aromatic N) is 1. The second-order valence-electron chi connectivity index (χ2n) is 4.66. The molecule has 2 rings (SSSR count). The van der Waals surface area contributed by atoms with Gasteiger partial charge in [0.1, 0.15) is 0 Å². The van der Waals surface area contributed by atoms with E-state index in [4.69, 9.17) is 5.73 Å². The van der Waals surface area contributed by atoms with Crippen molar-refractivity contribution in [2.75, 3.05) is 0 Å². The van der Waals surface area contributed by atoms with E-state index >= 15 is 0 Å². The lowest BCUT2D eigenvalue weighted by Gasteiger charge is -2.38. The number of nitrogens with one attached hydrogen (secondary N) is 1. The van der Waals surface area contributed by atoms with Crippen molar-refractivity contribution in [2.45, 2.75) is 49.5 Å². The third-order valence-electron chi connectivity index (χ3n) is 3.34. The van der Waals surface area contributed by atoms with Crippen LogP contribution < -0.4 is 11.2 Å². The predicted octanol–water partition coefficient (Wildman–Crippen LogP) is 2.09. The van der Waals surface area contributed by atoms with Crippen molar-refractivity contribution in [3.8, 4) is 0 Å². The SMILES string of the molecule is C[C@@H]1C/C(=N/NC(N)=O)[C@H]2CCCC[C@H]2S1. The maximum atomic E-state index is 10.7. The monoisotopic (exact) mass is 241 g/mol. The van der Waals surface area contributed by atoms with Gasteiger partial charge in [0.15, 0.2) is 0 Å². The van der Waals surface area contributed by atoms with Gasteiger partial charge in [-0.25, -0.2) is 10.2 Å². The average molecular weight is 241 g/mol. The van der Waals surface area contributed by atoms with E-state index in [9.17, 15) is 4.79 Å². The van der Waals surface area contributed by atoms with Crippen LogP contribution in [0.15, 0.2) is 5.10 Å². The Kier molecular flexibility index (Phi) is 3.74. The number of carbonyl (C=O) groups excluding carboxylic acids is 1. The van der Waals surface area contributed by atoms with Crippen LogP contribution in [0, 0.1) is 5.92 Å². The molecule has 1 saturated heterocycles. The number of amides is 2. The molecule has 2 amide bonds. The summed E-state index contributed by atoms with van der Waals surface area (Å²) >= 11 is 2.08. The van der Waals surface area contributed by atoms with Crippen molar-refractivity contribution in [1.29, 1.82) is 0 Å². The van der Waals surface area contributed by atoms with E-state index in [1.54, 1.807) is 0 Å². The standard InChI is InChI=1S/C11H19N3OS/c1-7-6-9(13-14-11(12)15)8-4-2-3-5-10(8)16-7/h7-8,10H,2-6H2,1H3,(H3,12,14,15)/b13-9-/t7-,8-,10-/m1/s1. The summed E-state index contributed by atoms with van der Waals surface area (Å²) in [5.74, 6) is 0.557. The van der Waals surface area contributed by atoms with Crippen molar-refractivity contribution < 1.29 is 4.79 Å². The molecule has 0 aromatic rings. The number of hydrogen-bond acceptors (Lipinski definition) is 3. The van der Waals surface area contributed by atoms with E-state index in [0.717, 1.165) is 12.1 Å². The van der Waals surface area contributed by atoms with Crippen molar-refractivity contribution in [2.24, 2.45) is 16.8 Å². The van der Waals surface area contributed by atoms with E-state index in [0.29, 0.717) is 16.4 Å². The van der Waals surface area contributed by atoms with Gasteiger partial charge >= 0.3 is 6.03 Å². The molecule has 1 aliphatic carbocycles. The Labute approximate surface area is 100 Å². The Hall–Kier alpha value is -0.710. The minimum Gasteiger partial charge on any atom is -0.350 e. The topological polar surface area (TPSA) is 67.5 Å². The first kappa shape index (κ1) is 11.8. The van der Waals surface area contributed by atoms with Crippen molar-refractivity contribution in [1.82, 2.24) is 5.43 Å². The molecule has 0 bridgehead atoms. The van der Waals surface area contributed by atoms with Gasteiger partial charge in [-0.2, -0.15) is 16.9 Å². The highest BCUT2D eigenvalue weighted by atomic mass is 32.2. The van der Waals surface area contributed by atoms with Gasteiger partial charge in [0.2, 0.25) is 0 Å². The largest absolute Gasteiger partial charge is 0.350 e. The van der Waals surface area contributed by atoms with Crippen molar-refractivity contribution >= 4 is 23.5 Å². The van der Waals surface area contributed by atoms with Gasteiger partial charge in [-0.05, 0) is 19.3 Å². The van der Waals surface area contributed by atoms with Gasteiger partial charge < -0.3 is 5.73 Å². The van der Waals surface area contributed by atoms with Crippen LogP contribution >= 0.6 is 11.8 Å². The summed E-state index contributed by atoms with van der Waals surface area (Å²) in [4.78, 5) is 10.7. The molecule has 4 nitrogen and oxygen atoms in total. The third kappa shape index (κ3) is 2.70. The second kappa shape index (κ2) is 5.08. The van der Waals surface area contributed by atoms with Crippen molar-refractivity contribution in [3.05, 3.63) is 0 Å². The molecule has 1 saturated carbocycles. The van der Waals surface area contributed by atoms with Gasteiger partial charge in [0, 0.05) is 22.1 Å². The first-order valence-electron chi connectivity index (χ1n) is 5.94. The minimum absolute atomic E-state index is 0.557. The number of hydrogen-bond donors (Lipinski definition) is 2. The van der Waals surface area contributed by atoms with Crippen molar-refractivity contribution in [3.63, 3.8) is 0 Å². The molecule has 1 heterocycles. The Morgan fingerprint density at radius 3 is 3.00 bits per heavy atom. The molecule has 1 aliphatic heterocycles. The highest BCUT2D eigenvalue weighted by Gasteiger charge is 2.35. The zero-order valence-corrected chi connectivity index (χ0v) is 10.4. The van der Waals surface area contributed by atoms with Crippen LogP contribution in [0.2, 0.25) is 0 Å². The highest BCUT2D eigenvalue weighted by Crippen LogP contribution is 2.42. The number of hydrazone groups is 1. The van der Waals surface area contributed by atoms with E-state index < -0.39 is 6.03 Å². The zero-order chi connectivity index (χ0) is 11.5. The molecule has 0 aromatic carbocycles. The minimum atomic E-state index is -0.564. The fraction of sp³-hybridized carbons (Fsp3) is 0.818. The van der Waals surface area contributed by atoms with E-state index in [-0.39, 0.29) is 0 Å². The van der Waals surface area contributed by atoms with Gasteiger partial charge in [0.05, 0.1) is 0 Å². The number of thioether (sulfide) groups is 1. The predicted molar refractivity (Wildman–Crippen MR) is 67.6 cm³/mol. The quantitative estimate of drug-likeness (QED) is 0.690. The zero-order valence-electron chi connectivity index (χ0n) is 9.61. The molecule has 0 unspecified atom stereocenters. The molecule has 16 heavy (non-hydrogen) atoms. The van der Waals surface area contributed by atoms with Gasteiger partial charge in [-0.15, -0.1) is 0 Å². The molecule has 2 aliphatic rings. The van der Waals surface area contributed by atoms with Crippen LogP contribution in [0.4, 0.5) is 4.79 Å². The summed E-state index contributed by atoms with van der Waals surface area (Å²) in [6.07, 6.45) is 6.09. The number of urea groups is 1. The molecular formula is C11H19N3OS. The summed E-state index contributed by atoms with van der Waals surface area (Å²) in [6, 6.07) is -0.564. The molecular weight excluding hydrogens is 222 g/mol. The Morgan fingerprint density at radius 1 is 1.50 bits per heavy atom. The normalized spacial score (nSPS) is 36.8. The summed E-state index contributed by atoms with van der Waals surface area (Å²) in [5, 5.41) is 5.50. The molecule has 0 spiro atoms. The Bertz CT molecular complexity index is 306. The lowest BCUT2D eigenvalue weighted by Crippen LogP contribution is -2.38.